The molecule has 154 valence electrons. The minimum absolute atomic E-state index is 0.0230. The normalized spacial score (nSPS) is 23.0. The molecule has 2 amide bonds. The van der Waals surface area contributed by atoms with E-state index < -0.39 is 11.9 Å². The Labute approximate surface area is 173 Å². The number of carbonyl (C=O) groups is 2. The Kier molecular flexibility index (Phi) is 6.60. The quantitative estimate of drug-likeness (QED) is 0.695. The van der Waals surface area contributed by atoms with Crippen LogP contribution in [0.4, 0.5) is 9.18 Å². The Morgan fingerprint density at radius 3 is 2.93 bits per heavy atom. The van der Waals surface area contributed by atoms with Crippen LogP contribution >= 0.6 is 11.6 Å². The maximum Gasteiger partial charge on any atom is 0.414 e. The van der Waals surface area contributed by atoms with Gasteiger partial charge in [-0.05, 0) is 25.0 Å². The van der Waals surface area contributed by atoms with Crippen LogP contribution in [0.15, 0.2) is 30.5 Å². The molecule has 1 aromatic rings. The molecule has 0 spiro atoms. The third-order valence-electron chi connectivity index (χ3n) is 5.10. The van der Waals surface area contributed by atoms with Crippen molar-refractivity contribution in [2.75, 3.05) is 19.7 Å². The van der Waals surface area contributed by atoms with Crippen LogP contribution in [0.25, 0.3) is 0 Å². The summed E-state index contributed by atoms with van der Waals surface area (Å²) in [4.78, 5) is 25.4. The topological polar surface area (TPSA) is 91.7 Å². The highest BCUT2D eigenvalue weighted by atomic mass is 35.5. The number of nitrogens with one attached hydrogen (secondary N) is 1. The number of nitrogens with zero attached hydrogens (tertiary/aromatic N) is 2. The van der Waals surface area contributed by atoms with E-state index in [1.54, 1.807) is 0 Å². The van der Waals surface area contributed by atoms with Gasteiger partial charge in [-0.15, -0.1) is 0 Å². The number of hydrogen-bond acceptors (Lipinski definition) is 5. The van der Waals surface area contributed by atoms with Crippen molar-refractivity contribution in [3.05, 3.63) is 41.3 Å². The van der Waals surface area contributed by atoms with Gasteiger partial charge < -0.3 is 14.8 Å². The van der Waals surface area contributed by atoms with Crippen molar-refractivity contribution in [1.82, 2.24) is 10.2 Å². The lowest BCUT2D eigenvalue weighted by molar-refractivity contribution is -0.123. The molecule has 1 atom stereocenters. The molecule has 3 rings (SSSR count). The highest BCUT2D eigenvalue weighted by Crippen LogP contribution is 2.39. The lowest BCUT2D eigenvalue weighted by Crippen LogP contribution is -2.36. The zero-order valence-corrected chi connectivity index (χ0v) is 16.5. The Hall–Kier alpha value is -2.79. The molecule has 1 saturated carbocycles. The maximum atomic E-state index is 13.3. The van der Waals surface area contributed by atoms with Crippen molar-refractivity contribution in [2.24, 2.45) is 11.8 Å². The average molecular weight is 422 g/mol. The van der Waals surface area contributed by atoms with E-state index in [-0.39, 0.29) is 47.8 Å². The first-order chi connectivity index (χ1) is 13.9. The second-order valence-electron chi connectivity index (χ2n) is 7.12. The van der Waals surface area contributed by atoms with Crippen molar-refractivity contribution >= 4 is 23.6 Å². The van der Waals surface area contributed by atoms with Gasteiger partial charge in [-0.3, -0.25) is 9.69 Å². The number of cyclic esters (lactones) is 1. The van der Waals surface area contributed by atoms with E-state index in [2.05, 4.69) is 18.0 Å². The summed E-state index contributed by atoms with van der Waals surface area (Å²) in [6, 6.07) is 6.14. The van der Waals surface area contributed by atoms with Crippen LogP contribution in [-0.2, 0) is 9.53 Å². The van der Waals surface area contributed by atoms with Gasteiger partial charge >= 0.3 is 6.09 Å². The number of ether oxygens (including phenoxy) is 2. The molecule has 2 aliphatic rings. The van der Waals surface area contributed by atoms with E-state index in [9.17, 15) is 14.0 Å². The third-order valence-corrected chi connectivity index (χ3v) is 5.40. The minimum Gasteiger partial charge on any atom is -0.484 e. The van der Waals surface area contributed by atoms with Gasteiger partial charge in [0.05, 0.1) is 17.6 Å². The highest BCUT2D eigenvalue weighted by Gasteiger charge is 2.43. The number of halogens is 2. The molecule has 1 unspecified atom stereocenters. The molecule has 2 fully saturated rings. The second kappa shape index (κ2) is 9.14. The first kappa shape index (κ1) is 20.9. The van der Waals surface area contributed by atoms with Crippen molar-refractivity contribution in [1.29, 1.82) is 5.26 Å². The predicted octanol–water partition coefficient (Wildman–Crippen LogP) is 3.25. The van der Waals surface area contributed by atoms with Crippen molar-refractivity contribution in [2.45, 2.75) is 25.4 Å². The van der Waals surface area contributed by atoms with Crippen LogP contribution in [0.1, 0.15) is 19.3 Å². The molecular formula is C20H21ClFN3O4. The molecule has 9 heteroatoms. The number of amides is 2. The standard InChI is InChI=1S/C20H21ClFN3O4/c1-12(25-10-18(29-20(25)27)14-6-13(7-14)9-23)4-5-24-19(26)11-28-15-2-3-16(21)17(22)8-15/h2-3,8,13-14,18H,1,4-7,10-11H2,(H,24,26). The second-order valence-corrected chi connectivity index (χ2v) is 7.53. The van der Waals surface area contributed by atoms with E-state index in [0.29, 0.717) is 18.7 Å². The van der Waals surface area contributed by atoms with Gasteiger partial charge in [-0.25, -0.2) is 9.18 Å². The van der Waals surface area contributed by atoms with E-state index in [1.807, 2.05) is 0 Å². The van der Waals surface area contributed by atoms with Crippen LogP contribution in [0.3, 0.4) is 0 Å². The number of hydrogen-bond donors (Lipinski definition) is 1. The fourth-order valence-electron chi connectivity index (χ4n) is 3.31. The van der Waals surface area contributed by atoms with Gasteiger partial charge in [0, 0.05) is 36.6 Å². The van der Waals surface area contributed by atoms with Crippen LogP contribution in [0, 0.1) is 29.0 Å². The van der Waals surface area contributed by atoms with Crippen LogP contribution in [0.2, 0.25) is 5.02 Å². The van der Waals surface area contributed by atoms with Crippen LogP contribution in [0.5, 0.6) is 5.75 Å². The fraction of sp³-hybridized carbons (Fsp3) is 0.450. The third kappa shape index (κ3) is 5.18. The first-order valence-electron chi connectivity index (χ1n) is 9.27. The summed E-state index contributed by atoms with van der Waals surface area (Å²) in [7, 11) is 0. The Morgan fingerprint density at radius 1 is 1.48 bits per heavy atom. The van der Waals surface area contributed by atoms with E-state index >= 15 is 0 Å². The molecular weight excluding hydrogens is 401 g/mol. The lowest BCUT2D eigenvalue weighted by atomic mass is 9.73. The van der Waals surface area contributed by atoms with Gasteiger partial charge in [0.25, 0.3) is 5.91 Å². The predicted molar refractivity (Wildman–Crippen MR) is 102 cm³/mol. The Balaban J connectivity index is 1.36. The molecule has 0 radical (unpaired) electrons. The zero-order valence-electron chi connectivity index (χ0n) is 15.7. The molecule has 0 aromatic heterocycles. The lowest BCUT2D eigenvalue weighted by Gasteiger charge is -2.33. The Morgan fingerprint density at radius 2 is 2.24 bits per heavy atom. The number of benzene rings is 1. The van der Waals surface area contributed by atoms with Crippen molar-refractivity contribution in [3.8, 4) is 11.8 Å². The van der Waals surface area contributed by atoms with Crippen LogP contribution in [-0.4, -0.2) is 42.7 Å². The smallest absolute Gasteiger partial charge is 0.414 e. The molecule has 1 saturated heterocycles. The molecule has 1 N–H and O–H groups in total. The largest absolute Gasteiger partial charge is 0.484 e. The monoisotopic (exact) mass is 421 g/mol. The summed E-state index contributed by atoms with van der Waals surface area (Å²) in [6.45, 7) is 4.31. The SMILES string of the molecule is C=C(CCNC(=O)COc1ccc(Cl)c(F)c1)N1CC(C2CC(C#N)C2)OC1=O. The van der Waals surface area contributed by atoms with Gasteiger partial charge in [0.1, 0.15) is 17.7 Å². The molecule has 1 aromatic carbocycles. The van der Waals surface area contributed by atoms with Crippen molar-refractivity contribution in [3.63, 3.8) is 0 Å². The average Bonchev–Trinajstić information content (AvgIpc) is 3.03. The summed E-state index contributed by atoms with van der Waals surface area (Å²) >= 11 is 5.59. The van der Waals surface area contributed by atoms with Gasteiger partial charge in [-0.2, -0.15) is 5.26 Å². The first-order valence-corrected chi connectivity index (χ1v) is 9.65. The van der Waals surface area contributed by atoms with E-state index in [4.69, 9.17) is 26.3 Å². The number of nitriles is 1. The summed E-state index contributed by atoms with van der Waals surface area (Å²) in [5, 5.41) is 11.5. The van der Waals surface area contributed by atoms with Gasteiger partial charge in [0.15, 0.2) is 6.61 Å². The van der Waals surface area contributed by atoms with Gasteiger partial charge in [0.2, 0.25) is 0 Å². The molecule has 7 nitrogen and oxygen atoms in total. The number of carbonyl (C=O) groups excluding carboxylic acids is 2. The summed E-state index contributed by atoms with van der Waals surface area (Å²) in [5.41, 5.74) is 0.551. The number of rotatable bonds is 8. The fourth-order valence-corrected chi connectivity index (χ4v) is 3.42. The molecule has 1 aliphatic heterocycles. The highest BCUT2D eigenvalue weighted by molar-refractivity contribution is 6.30. The molecule has 1 aliphatic carbocycles. The van der Waals surface area contributed by atoms with Gasteiger partial charge in [-0.1, -0.05) is 18.2 Å². The minimum atomic E-state index is -0.623. The van der Waals surface area contributed by atoms with Crippen LogP contribution < -0.4 is 10.1 Å². The summed E-state index contributed by atoms with van der Waals surface area (Å²) in [6.07, 6.45) is 1.21. The summed E-state index contributed by atoms with van der Waals surface area (Å²) < 4.78 is 23.9. The molecule has 29 heavy (non-hydrogen) atoms. The summed E-state index contributed by atoms with van der Waals surface area (Å²) in [5.74, 6) is -0.533. The van der Waals surface area contributed by atoms with E-state index in [0.717, 1.165) is 18.9 Å². The molecule has 0 bridgehead atoms. The maximum absolute atomic E-state index is 13.3. The zero-order chi connectivity index (χ0) is 21.0. The van der Waals surface area contributed by atoms with E-state index in [1.165, 1.54) is 17.0 Å². The Bertz CT molecular complexity index is 851. The molecule has 1 heterocycles. The van der Waals surface area contributed by atoms with Crippen molar-refractivity contribution < 1.29 is 23.5 Å².